The molecule has 0 bridgehead atoms. The lowest BCUT2D eigenvalue weighted by Crippen LogP contribution is -2.51. The van der Waals surface area contributed by atoms with E-state index in [9.17, 15) is 27.5 Å². The van der Waals surface area contributed by atoms with Crippen LogP contribution in [0.5, 0.6) is 5.75 Å². The van der Waals surface area contributed by atoms with Crippen molar-refractivity contribution < 1.29 is 32.2 Å². The number of aliphatic hydroxyl groups is 1. The summed E-state index contributed by atoms with van der Waals surface area (Å²) in [7, 11) is 0. The molecule has 0 unspecified atom stereocenters. The molecule has 1 fully saturated rings. The van der Waals surface area contributed by atoms with Crippen LogP contribution in [-0.2, 0) is 6.54 Å². The topological polar surface area (TPSA) is 92.5 Å². The molecule has 2 N–H and O–H groups in total. The highest BCUT2D eigenvalue weighted by Gasteiger charge is 2.31. The predicted molar refractivity (Wildman–Crippen MR) is 122 cm³/mol. The molecule has 12 heteroatoms. The first-order valence-electron chi connectivity index (χ1n) is 10.8. The van der Waals surface area contributed by atoms with Crippen LogP contribution in [0, 0.1) is 5.82 Å². The van der Waals surface area contributed by atoms with E-state index in [0.29, 0.717) is 41.2 Å². The van der Waals surface area contributed by atoms with Crippen LogP contribution >= 0.6 is 0 Å². The minimum absolute atomic E-state index is 0.0889. The normalized spacial score (nSPS) is 14.1. The second-order valence-electron chi connectivity index (χ2n) is 8.29. The molecule has 0 atom stereocenters. The van der Waals surface area contributed by atoms with Crippen LogP contribution in [-0.4, -0.2) is 51.1 Å². The van der Waals surface area contributed by atoms with Gasteiger partial charge in [-0.05, 0) is 42.0 Å². The summed E-state index contributed by atoms with van der Waals surface area (Å²) in [6.07, 6.45) is -2.67. The maximum Gasteiger partial charge on any atom is 0.573 e. The molecule has 1 saturated heterocycles. The molecular weight excluding hydrogens is 482 g/mol. The van der Waals surface area contributed by atoms with Gasteiger partial charge in [0.05, 0.1) is 24.2 Å². The van der Waals surface area contributed by atoms with Crippen molar-refractivity contribution >= 4 is 28.4 Å². The van der Waals surface area contributed by atoms with E-state index in [1.54, 1.807) is 16.7 Å². The Bertz CT molecular complexity index is 1400. The maximum absolute atomic E-state index is 13.8. The van der Waals surface area contributed by atoms with E-state index in [1.807, 2.05) is 4.90 Å². The summed E-state index contributed by atoms with van der Waals surface area (Å²) >= 11 is 0. The van der Waals surface area contributed by atoms with Gasteiger partial charge < -0.3 is 24.6 Å². The van der Waals surface area contributed by atoms with Gasteiger partial charge in [-0.3, -0.25) is 4.79 Å². The van der Waals surface area contributed by atoms with Gasteiger partial charge in [-0.2, -0.15) is 0 Å². The maximum atomic E-state index is 13.8. The molecule has 4 heterocycles. The summed E-state index contributed by atoms with van der Waals surface area (Å²) in [5.74, 6) is -0.772. The number of alkyl halides is 3. The van der Waals surface area contributed by atoms with Crippen LogP contribution < -0.4 is 15.0 Å². The Morgan fingerprint density at radius 1 is 1.08 bits per heavy atom. The standard InChI is InChI=1S/C24H19F4N5O3/c25-16-7-15-8-20(23(35)31-17-3-6-21(29-10-17)32-12-18(34)13-32)33(22(15)30-9-16)11-14-1-4-19(5-2-14)36-24(26,27)28/h1-10,18,34H,11-13H2,(H,31,35). The van der Waals surface area contributed by atoms with Gasteiger partial charge in [0, 0.05) is 25.0 Å². The second-order valence-corrected chi connectivity index (χ2v) is 8.29. The molecule has 1 amide bonds. The first kappa shape index (κ1) is 23.5. The van der Waals surface area contributed by atoms with Crippen molar-refractivity contribution in [2.75, 3.05) is 23.3 Å². The number of rotatable bonds is 6. The predicted octanol–water partition coefficient (Wildman–Crippen LogP) is 3.95. The van der Waals surface area contributed by atoms with E-state index in [1.165, 1.54) is 42.6 Å². The number of hydrogen-bond acceptors (Lipinski definition) is 6. The van der Waals surface area contributed by atoms with Crippen molar-refractivity contribution in [2.45, 2.75) is 19.0 Å². The fourth-order valence-corrected chi connectivity index (χ4v) is 3.93. The summed E-state index contributed by atoms with van der Waals surface area (Å²) in [5.41, 5.74) is 1.51. The van der Waals surface area contributed by atoms with Gasteiger partial charge in [0.15, 0.2) is 0 Å². The number of nitrogens with one attached hydrogen (secondary N) is 1. The zero-order valence-electron chi connectivity index (χ0n) is 18.5. The number of nitrogens with zero attached hydrogens (tertiary/aromatic N) is 4. The van der Waals surface area contributed by atoms with Gasteiger partial charge >= 0.3 is 6.36 Å². The summed E-state index contributed by atoms with van der Waals surface area (Å²) in [6.45, 7) is 1.07. The quantitative estimate of drug-likeness (QED) is 0.389. The van der Waals surface area contributed by atoms with Gasteiger partial charge in [0.2, 0.25) is 0 Å². The molecule has 3 aromatic heterocycles. The van der Waals surface area contributed by atoms with E-state index in [4.69, 9.17) is 0 Å². The lowest BCUT2D eigenvalue weighted by Gasteiger charge is -2.36. The van der Waals surface area contributed by atoms with Gasteiger partial charge in [-0.25, -0.2) is 14.4 Å². The fraction of sp³-hybridized carbons (Fsp3) is 0.208. The van der Waals surface area contributed by atoms with Crippen molar-refractivity contribution in [1.82, 2.24) is 14.5 Å². The molecule has 0 radical (unpaired) electrons. The number of pyridine rings is 2. The molecule has 0 spiro atoms. The third kappa shape index (κ3) is 5.08. The molecule has 0 saturated carbocycles. The number of anilines is 2. The highest BCUT2D eigenvalue weighted by molar-refractivity contribution is 6.06. The molecule has 186 valence electrons. The van der Waals surface area contributed by atoms with E-state index in [0.717, 1.165) is 6.20 Å². The summed E-state index contributed by atoms with van der Waals surface area (Å²) in [5, 5.41) is 12.6. The Balaban J connectivity index is 1.39. The first-order valence-corrected chi connectivity index (χ1v) is 10.8. The van der Waals surface area contributed by atoms with Crippen molar-refractivity contribution in [3.05, 3.63) is 78.0 Å². The molecule has 0 aliphatic carbocycles. The number of halogens is 4. The molecule has 5 rings (SSSR count). The van der Waals surface area contributed by atoms with E-state index in [2.05, 4.69) is 20.0 Å². The number of ether oxygens (including phenoxy) is 1. The molecule has 4 aromatic rings. The van der Waals surface area contributed by atoms with Crippen LogP contribution in [0.3, 0.4) is 0 Å². The fourth-order valence-electron chi connectivity index (χ4n) is 3.93. The van der Waals surface area contributed by atoms with E-state index >= 15 is 0 Å². The number of hydrogen-bond donors (Lipinski definition) is 2. The number of aromatic nitrogens is 3. The highest BCUT2D eigenvalue weighted by atomic mass is 19.4. The number of aliphatic hydroxyl groups excluding tert-OH is 1. The van der Waals surface area contributed by atoms with Crippen molar-refractivity contribution in [3.63, 3.8) is 0 Å². The Hall–Kier alpha value is -4.19. The van der Waals surface area contributed by atoms with Crippen molar-refractivity contribution in [1.29, 1.82) is 0 Å². The third-order valence-corrected chi connectivity index (χ3v) is 5.62. The van der Waals surface area contributed by atoms with E-state index in [-0.39, 0.29) is 24.1 Å². The lowest BCUT2D eigenvalue weighted by molar-refractivity contribution is -0.274. The highest BCUT2D eigenvalue weighted by Crippen LogP contribution is 2.26. The van der Waals surface area contributed by atoms with Crippen LogP contribution in [0.1, 0.15) is 16.1 Å². The van der Waals surface area contributed by atoms with Crippen molar-refractivity contribution in [2.24, 2.45) is 0 Å². The Morgan fingerprint density at radius 3 is 2.47 bits per heavy atom. The number of fused-ring (bicyclic) bond motifs is 1. The van der Waals surface area contributed by atoms with Crippen molar-refractivity contribution in [3.8, 4) is 5.75 Å². The number of carbonyl (C=O) groups excluding carboxylic acids is 1. The first-order chi connectivity index (χ1) is 17.1. The molecule has 36 heavy (non-hydrogen) atoms. The molecule has 1 aromatic carbocycles. The lowest BCUT2D eigenvalue weighted by atomic mass is 10.2. The molecule has 8 nitrogen and oxygen atoms in total. The summed E-state index contributed by atoms with van der Waals surface area (Å²) in [6, 6.07) is 11.4. The average Bonchev–Trinajstić information content (AvgIpc) is 3.15. The molecule has 1 aliphatic rings. The van der Waals surface area contributed by atoms with Crippen LogP contribution in [0.15, 0.2) is 60.9 Å². The largest absolute Gasteiger partial charge is 0.573 e. The van der Waals surface area contributed by atoms with Crippen LogP contribution in [0.2, 0.25) is 0 Å². The smallest absolute Gasteiger partial charge is 0.406 e. The summed E-state index contributed by atoms with van der Waals surface area (Å²) < 4.78 is 56.6. The minimum atomic E-state index is -4.80. The number of β-amino-alcohol motifs (C(OH)–C–C–N with tert-alkyl or cyclic N) is 1. The Morgan fingerprint density at radius 2 is 1.83 bits per heavy atom. The summed E-state index contributed by atoms with van der Waals surface area (Å²) in [4.78, 5) is 23.4. The van der Waals surface area contributed by atoms with Gasteiger partial charge in [-0.15, -0.1) is 13.2 Å². The Labute approximate surface area is 201 Å². The monoisotopic (exact) mass is 501 g/mol. The third-order valence-electron chi connectivity index (χ3n) is 5.62. The number of amides is 1. The minimum Gasteiger partial charge on any atom is -0.406 e. The zero-order valence-corrected chi connectivity index (χ0v) is 18.5. The number of benzene rings is 1. The van der Waals surface area contributed by atoms with Crippen LogP contribution in [0.25, 0.3) is 11.0 Å². The molecular formula is C24H19F4N5O3. The Kier molecular flexibility index (Phi) is 5.96. The van der Waals surface area contributed by atoms with Gasteiger partial charge in [0.25, 0.3) is 5.91 Å². The van der Waals surface area contributed by atoms with E-state index < -0.39 is 18.1 Å². The second kappa shape index (κ2) is 9.11. The van der Waals surface area contributed by atoms with Gasteiger partial charge in [0.1, 0.15) is 28.7 Å². The van der Waals surface area contributed by atoms with Crippen LogP contribution in [0.4, 0.5) is 29.1 Å². The zero-order chi connectivity index (χ0) is 25.4. The molecule has 1 aliphatic heterocycles. The SMILES string of the molecule is O=C(Nc1ccc(N2CC(O)C2)nc1)c1cc2cc(F)cnc2n1Cc1ccc(OC(F)(F)F)cc1. The average molecular weight is 501 g/mol. The van der Waals surface area contributed by atoms with Gasteiger partial charge in [-0.1, -0.05) is 12.1 Å². The number of carbonyl (C=O) groups is 1.